The van der Waals surface area contributed by atoms with Crippen LogP contribution in [0.1, 0.15) is 55.9 Å². The number of ether oxygens (including phenoxy) is 2. The molecule has 0 bridgehead atoms. The van der Waals surface area contributed by atoms with Crippen LogP contribution < -0.4 is 0 Å². The van der Waals surface area contributed by atoms with Gasteiger partial charge in [0.2, 0.25) is 0 Å². The number of rotatable bonds is 6. The number of nitrogens with zero attached hydrogens (tertiary/aromatic N) is 4. The molecule has 7 nitrogen and oxygen atoms in total. The molecule has 1 saturated carbocycles. The second-order valence-corrected chi connectivity index (χ2v) is 9.19. The van der Waals surface area contributed by atoms with Gasteiger partial charge >= 0.3 is 0 Å². The molecule has 7 heteroatoms. The fraction of sp³-hybridized carbons (Fsp3) is 0.818. The number of aromatic nitrogens is 2. The first-order chi connectivity index (χ1) is 14.2. The van der Waals surface area contributed by atoms with Gasteiger partial charge < -0.3 is 14.4 Å². The van der Waals surface area contributed by atoms with Gasteiger partial charge in [-0.2, -0.15) is 5.10 Å². The Morgan fingerprint density at radius 3 is 2.69 bits per heavy atom. The summed E-state index contributed by atoms with van der Waals surface area (Å²) in [6, 6.07) is 2.39. The van der Waals surface area contributed by atoms with E-state index in [4.69, 9.17) is 9.47 Å². The molecule has 3 aliphatic heterocycles. The Bertz CT molecular complexity index is 717. The molecular formula is C22H34N4O3. The van der Waals surface area contributed by atoms with Crippen molar-refractivity contribution in [3.8, 4) is 0 Å². The highest BCUT2D eigenvalue weighted by Gasteiger charge is 2.57. The minimum Gasteiger partial charge on any atom is -0.381 e. The van der Waals surface area contributed by atoms with Gasteiger partial charge in [0.05, 0.1) is 11.6 Å². The number of hydrogen-bond acceptors (Lipinski definition) is 5. The SMILES string of the molecule is CCn1nccc1C(=O)N1CCC(N2CC(OCC3CC3)C23CCOCC3)CC1. The van der Waals surface area contributed by atoms with Crippen LogP contribution in [-0.2, 0) is 16.0 Å². The molecule has 0 radical (unpaired) electrons. The lowest BCUT2D eigenvalue weighted by Crippen LogP contribution is -2.76. The van der Waals surface area contributed by atoms with E-state index in [0.717, 1.165) is 77.6 Å². The highest BCUT2D eigenvalue weighted by atomic mass is 16.5. The van der Waals surface area contributed by atoms with E-state index >= 15 is 0 Å². The molecule has 5 rings (SSSR count). The molecule has 1 amide bonds. The monoisotopic (exact) mass is 402 g/mol. The van der Waals surface area contributed by atoms with Gasteiger partial charge in [-0.25, -0.2) is 0 Å². The highest BCUT2D eigenvalue weighted by molar-refractivity contribution is 5.92. The zero-order valence-electron chi connectivity index (χ0n) is 17.6. The first-order valence-corrected chi connectivity index (χ1v) is 11.5. The molecule has 4 heterocycles. The average Bonchev–Trinajstić information content (AvgIpc) is 3.47. The molecule has 1 atom stereocenters. The normalized spacial score (nSPS) is 27.9. The minimum absolute atomic E-state index is 0.123. The summed E-state index contributed by atoms with van der Waals surface area (Å²) < 4.78 is 13.9. The number of piperidine rings is 1. The Morgan fingerprint density at radius 2 is 2.00 bits per heavy atom. The van der Waals surface area contributed by atoms with Crippen LogP contribution in [0.3, 0.4) is 0 Å². The molecule has 4 aliphatic rings. The van der Waals surface area contributed by atoms with Gasteiger partial charge in [-0.15, -0.1) is 0 Å². The number of hydrogen-bond donors (Lipinski definition) is 0. The van der Waals surface area contributed by atoms with Crippen LogP contribution >= 0.6 is 0 Å². The van der Waals surface area contributed by atoms with Crippen molar-refractivity contribution in [3.63, 3.8) is 0 Å². The number of carbonyl (C=O) groups is 1. The lowest BCUT2D eigenvalue weighted by Gasteiger charge is -2.63. The van der Waals surface area contributed by atoms with E-state index in [2.05, 4.69) is 10.00 Å². The summed E-state index contributed by atoms with van der Waals surface area (Å²) in [5.41, 5.74) is 0.884. The molecule has 1 aromatic heterocycles. The van der Waals surface area contributed by atoms with Gasteiger partial charge in [-0.3, -0.25) is 14.4 Å². The summed E-state index contributed by atoms with van der Waals surface area (Å²) in [6.45, 7) is 8.09. The number of carbonyl (C=O) groups excluding carboxylic acids is 1. The molecule has 1 unspecified atom stereocenters. The van der Waals surface area contributed by atoms with Crippen molar-refractivity contribution >= 4 is 5.91 Å². The van der Waals surface area contributed by atoms with Crippen LogP contribution in [0, 0.1) is 5.92 Å². The minimum atomic E-state index is 0.123. The lowest BCUT2D eigenvalue weighted by molar-refractivity contribution is -0.217. The van der Waals surface area contributed by atoms with E-state index in [1.54, 1.807) is 10.9 Å². The molecule has 160 valence electrons. The first-order valence-electron chi connectivity index (χ1n) is 11.5. The summed E-state index contributed by atoms with van der Waals surface area (Å²) in [4.78, 5) is 17.6. The molecule has 1 aromatic rings. The van der Waals surface area contributed by atoms with E-state index in [0.29, 0.717) is 17.8 Å². The van der Waals surface area contributed by atoms with Crippen molar-refractivity contribution in [2.24, 2.45) is 5.92 Å². The van der Waals surface area contributed by atoms with Crippen molar-refractivity contribution < 1.29 is 14.3 Å². The molecule has 1 spiro atoms. The van der Waals surface area contributed by atoms with Gasteiger partial charge in [0.25, 0.3) is 5.91 Å². The number of amides is 1. The van der Waals surface area contributed by atoms with E-state index in [-0.39, 0.29) is 11.4 Å². The number of likely N-dealkylation sites (tertiary alicyclic amines) is 2. The third-order valence-electron chi connectivity index (χ3n) is 7.55. The second kappa shape index (κ2) is 8.00. The predicted molar refractivity (Wildman–Crippen MR) is 109 cm³/mol. The summed E-state index contributed by atoms with van der Waals surface area (Å²) in [5.74, 6) is 0.935. The largest absolute Gasteiger partial charge is 0.381 e. The van der Waals surface area contributed by atoms with Gasteiger partial charge in [-0.1, -0.05) is 0 Å². The van der Waals surface area contributed by atoms with Crippen molar-refractivity contribution in [2.75, 3.05) is 39.5 Å². The van der Waals surface area contributed by atoms with Gasteiger partial charge in [-0.05, 0) is 57.4 Å². The first kappa shape index (κ1) is 19.5. The number of aryl methyl sites for hydroxylation is 1. The molecule has 0 aromatic carbocycles. The van der Waals surface area contributed by atoms with Crippen molar-refractivity contribution in [3.05, 3.63) is 18.0 Å². The second-order valence-electron chi connectivity index (χ2n) is 9.19. The Kier molecular flexibility index (Phi) is 5.39. The molecular weight excluding hydrogens is 368 g/mol. The molecule has 3 saturated heterocycles. The van der Waals surface area contributed by atoms with Crippen LogP contribution in [0.2, 0.25) is 0 Å². The van der Waals surface area contributed by atoms with Crippen LogP contribution in [0.5, 0.6) is 0 Å². The molecule has 29 heavy (non-hydrogen) atoms. The van der Waals surface area contributed by atoms with Gasteiger partial charge in [0.15, 0.2) is 0 Å². The fourth-order valence-electron chi connectivity index (χ4n) is 5.50. The van der Waals surface area contributed by atoms with E-state index in [1.165, 1.54) is 12.8 Å². The highest BCUT2D eigenvalue weighted by Crippen LogP contribution is 2.45. The average molecular weight is 403 g/mol. The maximum atomic E-state index is 12.9. The molecule has 1 aliphatic carbocycles. The van der Waals surface area contributed by atoms with Gasteiger partial charge in [0.1, 0.15) is 5.69 Å². The predicted octanol–water partition coefficient (Wildman–Crippen LogP) is 2.17. The Hall–Kier alpha value is -1.44. The topological polar surface area (TPSA) is 59.8 Å². The summed E-state index contributed by atoms with van der Waals surface area (Å²) >= 11 is 0. The molecule has 4 fully saturated rings. The summed E-state index contributed by atoms with van der Waals surface area (Å²) in [7, 11) is 0. The van der Waals surface area contributed by atoms with Crippen molar-refractivity contribution in [1.82, 2.24) is 19.6 Å². The van der Waals surface area contributed by atoms with Crippen LogP contribution in [0.15, 0.2) is 12.3 Å². The van der Waals surface area contributed by atoms with Crippen LogP contribution in [0.25, 0.3) is 0 Å². The summed E-state index contributed by atoms with van der Waals surface area (Å²) in [6.07, 6.45) is 9.03. The summed E-state index contributed by atoms with van der Waals surface area (Å²) in [5, 5.41) is 4.25. The van der Waals surface area contributed by atoms with Crippen molar-refractivity contribution in [1.29, 1.82) is 0 Å². The Morgan fingerprint density at radius 1 is 1.24 bits per heavy atom. The standard InChI is InChI=1S/C22H34N4O3/c1-2-26-19(5-10-23-26)21(27)24-11-6-18(7-12-24)25-15-20(29-16-17-3-4-17)22(25)8-13-28-14-9-22/h5,10,17-18,20H,2-4,6-9,11-16H2,1H3. The zero-order chi connectivity index (χ0) is 19.8. The smallest absolute Gasteiger partial charge is 0.272 e. The lowest BCUT2D eigenvalue weighted by atomic mass is 9.73. The third-order valence-corrected chi connectivity index (χ3v) is 7.55. The quantitative estimate of drug-likeness (QED) is 0.730. The Labute approximate surface area is 173 Å². The Balaban J connectivity index is 1.20. The van der Waals surface area contributed by atoms with E-state index in [9.17, 15) is 4.79 Å². The maximum absolute atomic E-state index is 12.9. The third kappa shape index (κ3) is 3.62. The van der Waals surface area contributed by atoms with E-state index in [1.807, 2.05) is 17.9 Å². The maximum Gasteiger partial charge on any atom is 0.272 e. The van der Waals surface area contributed by atoms with E-state index < -0.39 is 0 Å². The van der Waals surface area contributed by atoms with Crippen molar-refractivity contribution in [2.45, 2.75) is 69.7 Å². The fourth-order valence-corrected chi connectivity index (χ4v) is 5.50. The van der Waals surface area contributed by atoms with Crippen LogP contribution in [0.4, 0.5) is 0 Å². The molecule has 0 N–H and O–H groups in total. The van der Waals surface area contributed by atoms with Crippen LogP contribution in [-0.4, -0.2) is 82.6 Å². The zero-order valence-corrected chi connectivity index (χ0v) is 17.6. The van der Waals surface area contributed by atoms with Gasteiger partial charge in [0, 0.05) is 58.2 Å².